The van der Waals surface area contributed by atoms with Crippen molar-refractivity contribution >= 4 is 34.8 Å². The number of ether oxygens (including phenoxy) is 3. The van der Waals surface area contributed by atoms with E-state index in [-0.39, 0.29) is 43.4 Å². The number of hydrogen-bond donors (Lipinski definition) is 1. The highest BCUT2D eigenvalue weighted by atomic mass is 16.6. The fraction of sp³-hybridized carbons (Fsp3) is 0.548. The number of esters is 1. The van der Waals surface area contributed by atoms with E-state index in [1.54, 1.807) is 13.1 Å². The molecule has 1 saturated heterocycles. The van der Waals surface area contributed by atoms with Gasteiger partial charge in [-0.1, -0.05) is 51.0 Å². The number of alkyl carbamates (subject to hydrolysis) is 1. The first-order valence-electron chi connectivity index (χ1n) is 14.4. The third-order valence-electron chi connectivity index (χ3n) is 8.12. The van der Waals surface area contributed by atoms with Crippen molar-refractivity contribution in [3.05, 3.63) is 42.1 Å². The molecular formula is C31H39N3O6. The van der Waals surface area contributed by atoms with Gasteiger partial charge in [0.25, 0.3) is 0 Å². The molecule has 3 aliphatic rings. The number of cyclic esters (lactones) is 1. The van der Waals surface area contributed by atoms with Gasteiger partial charge in [-0.15, -0.1) is 0 Å². The monoisotopic (exact) mass is 549 g/mol. The maximum Gasteiger partial charge on any atom is 0.407 e. The molecule has 9 nitrogen and oxygen atoms in total. The van der Waals surface area contributed by atoms with Gasteiger partial charge in [0.15, 0.2) is 0 Å². The molecule has 2 fully saturated rings. The quantitative estimate of drug-likeness (QED) is 0.544. The zero-order valence-corrected chi connectivity index (χ0v) is 23.6. The van der Waals surface area contributed by atoms with Crippen LogP contribution in [0.3, 0.4) is 0 Å². The third-order valence-corrected chi connectivity index (χ3v) is 8.12. The summed E-state index contributed by atoms with van der Waals surface area (Å²) in [7, 11) is 0. The van der Waals surface area contributed by atoms with E-state index in [1.165, 1.54) is 4.90 Å². The zero-order valence-electron chi connectivity index (χ0n) is 23.6. The Labute approximate surface area is 235 Å². The van der Waals surface area contributed by atoms with Gasteiger partial charge >= 0.3 is 12.1 Å². The molecule has 2 aromatic rings. The number of amides is 2. The predicted molar refractivity (Wildman–Crippen MR) is 151 cm³/mol. The summed E-state index contributed by atoms with van der Waals surface area (Å²) >= 11 is 0. The number of carbonyl (C=O) groups is 3. The van der Waals surface area contributed by atoms with Gasteiger partial charge in [0, 0.05) is 23.4 Å². The number of nitrogens with zero attached hydrogens (tertiary/aromatic N) is 2. The molecule has 1 N–H and O–H groups in total. The number of rotatable bonds is 3. The van der Waals surface area contributed by atoms with Gasteiger partial charge in [-0.25, -0.2) is 14.6 Å². The van der Waals surface area contributed by atoms with Gasteiger partial charge < -0.3 is 24.4 Å². The molecule has 214 valence electrons. The van der Waals surface area contributed by atoms with E-state index >= 15 is 0 Å². The molecule has 0 radical (unpaired) electrons. The van der Waals surface area contributed by atoms with E-state index in [0.29, 0.717) is 12.3 Å². The Bertz CT molecular complexity index is 1290. The van der Waals surface area contributed by atoms with Crippen molar-refractivity contribution in [1.82, 2.24) is 15.2 Å². The topological polar surface area (TPSA) is 107 Å². The Morgan fingerprint density at radius 1 is 1.20 bits per heavy atom. The summed E-state index contributed by atoms with van der Waals surface area (Å²) in [5.74, 6) is -0.335. The lowest BCUT2D eigenvalue weighted by molar-refractivity contribution is -0.154. The van der Waals surface area contributed by atoms with Crippen LogP contribution in [0.1, 0.15) is 64.9 Å². The van der Waals surface area contributed by atoms with Crippen LogP contribution in [0.15, 0.2) is 36.5 Å². The van der Waals surface area contributed by atoms with Crippen LogP contribution in [-0.4, -0.2) is 65.8 Å². The molecule has 0 spiro atoms. The van der Waals surface area contributed by atoms with E-state index < -0.39 is 30.3 Å². The minimum absolute atomic E-state index is 0.0254. The molecule has 1 aliphatic carbocycles. The van der Waals surface area contributed by atoms with E-state index in [0.717, 1.165) is 42.0 Å². The second kappa shape index (κ2) is 11.9. The molecule has 4 bridgehead atoms. The SMILES string of the molecule is CCOC(=O)[C@@H]1C[C@@H]2CN1C(=O)[C@H](C1CCCC1)NC(=O)OCC(C)(C)C/C=C\c1ccc3ccnc(c3c1)O2. The van der Waals surface area contributed by atoms with Crippen LogP contribution < -0.4 is 10.1 Å². The Morgan fingerprint density at radius 3 is 2.77 bits per heavy atom. The molecule has 40 heavy (non-hydrogen) atoms. The Kier molecular flexibility index (Phi) is 8.28. The Hall–Kier alpha value is -3.62. The molecule has 2 amide bonds. The van der Waals surface area contributed by atoms with Crippen molar-refractivity contribution in [2.75, 3.05) is 19.8 Å². The van der Waals surface area contributed by atoms with Gasteiger partial charge in [0.05, 0.1) is 19.8 Å². The van der Waals surface area contributed by atoms with E-state index in [9.17, 15) is 14.4 Å². The molecular weight excluding hydrogens is 510 g/mol. The van der Waals surface area contributed by atoms with Gasteiger partial charge in [0.1, 0.15) is 18.2 Å². The fourth-order valence-corrected chi connectivity index (χ4v) is 5.96. The minimum atomic E-state index is -0.811. The van der Waals surface area contributed by atoms with Crippen LogP contribution in [0.4, 0.5) is 4.79 Å². The number of allylic oxidation sites excluding steroid dienone is 1. The van der Waals surface area contributed by atoms with Gasteiger partial charge in [-0.05, 0) is 55.2 Å². The average Bonchev–Trinajstić information content (AvgIpc) is 3.61. The van der Waals surface area contributed by atoms with Crippen LogP contribution in [0.25, 0.3) is 16.8 Å². The molecule has 0 unspecified atom stereocenters. The van der Waals surface area contributed by atoms with E-state index in [2.05, 4.69) is 16.4 Å². The van der Waals surface area contributed by atoms with Crippen molar-refractivity contribution in [3.63, 3.8) is 0 Å². The lowest BCUT2D eigenvalue weighted by Crippen LogP contribution is -2.55. The molecule has 1 aromatic carbocycles. The number of benzene rings is 1. The average molecular weight is 550 g/mol. The Balaban J connectivity index is 1.52. The van der Waals surface area contributed by atoms with Crippen molar-refractivity contribution < 1.29 is 28.6 Å². The molecule has 2 aliphatic heterocycles. The highest BCUT2D eigenvalue weighted by Gasteiger charge is 2.46. The maximum absolute atomic E-state index is 14.1. The van der Waals surface area contributed by atoms with Gasteiger partial charge in [0.2, 0.25) is 11.8 Å². The number of hydrogen-bond acceptors (Lipinski definition) is 7. The van der Waals surface area contributed by atoms with E-state index in [4.69, 9.17) is 14.2 Å². The largest absolute Gasteiger partial charge is 0.472 e. The van der Waals surface area contributed by atoms with E-state index in [1.807, 2.05) is 44.2 Å². The number of nitrogens with one attached hydrogen (secondary N) is 1. The summed E-state index contributed by atoms with van der Waals surface area (Å²) in [6.45, 7) is 6.40. The summed E-state index contributed by atoms with van der Waals surface area (Å²) in [5.41, 5.74) is 0.684. The van der Waals surface area contributed by atoms with Crippen LogP contribution >= 0.6 is 0 Å². The highest BCUT2D eigenvalue weighted by Crippen LogP contribution is 2.33. The van der Waals surface area contributed by atoms with Gasteiger partial charge in [-0.2, -0.15) is 0 Å². The summed E-state index contributed by atoms with van der Waals surface area (Å²) in [4.78, 5) is 46.1. The first-order valence-corrected chi connectivity index (χ1v) is 14.4. The minimum Gasteiger partial charge on any atom is -0.472 e. The highest BCUT2D eigenvalue weighted by molar-refractivity contribution is 5.91. The molecule has 3 heterocycles. The predicted octanol–water partition coefficient (Wildman–Crippen LogP) is 4.87. The molecule has 9 heteroatoms. The van der Waals surface area contributed by atoms with Crippen LogP contribution in [0, 0.1) is 11.3 Å². The first kappa shape index (κ1) is 27.9. The van der Waals surface area contributed by atoms with Crippen LogP contribution in [0.2, 0.25) is 0 Å². The summed E-state index contributed by atoms with van der Waals surface area (Å²) in [6.07, 6.45) is 9.34. The number of aromatic nitrogens is 1. The number of carbonyl (C=O) groups excluding carboxylic acids is 3. The summed E-state index contributed by atoms with van der Waals surface area (Å²) in [5, 5.41) is 4.72. The molecule has 3 atom stereocenters. The molecule has 5 rings (SSSR count). The van der Waals surface area contributed by atoms with Crippen molar-refractivity contribution in [2.24, 2.45) is 11.3 Å². The lowest BCUT2D eigenvalue weighted by atomic mass is 9.90. The standard InChI is InChI=1S/C31H39N3O6/c1-4-38-29(36)25-17-23-18-34(25)28(35)26(22-9-5-6-10-22)33-30(37)39-19-31(2,3)14-7-8-20-11-12-21-13-15-32-27(40-23)24(21)16-20/h7-8,11-13,15-16,22-23,25-26H,4-6,9-10,14,17-19H2,1-3H3,(H,33,37)/b8-7-/t23-,25+,26+/m1/s1. The number of pyridine rings is 1. The normalized spacial score (nSPS) is 26.5. The lowest BCUT2D eigenvalue weighted by Gasteiger charge is -2.31. The first-order chi connectivity index (χ1) is 19.2. The number of fused-ring (bicyclic) bond motifs is 3. The van der Waals surface area contributed by atoms with Crippen LogP contribution in [0.5, 0.6) is 5.88 Å². The smallest absolute Gasteiger partial charge is 0.407 e. The van der Waals surface area contributed by atoms with Crippen molar-refractivity contribution in [3.8, 4) is 5.88 Å². The zero-order chi connectivity index (χ0) is 28.3. The Morgan fingerprint density at radius 2 is 2.00 bits per heavy atom. The van der Waals surface area contributed by atoms with Crippen molar-refractivity contribution in [1.29, 1.82) is 0 Å². The maximum atomic E-state index is 14.1. The third kappa shape index (κ3) is 6.24. The second-order valence-electron chi connectivity index (χ2n) is 11.8. The molecule has 1 saturated carbocycles. The van der Waals surface area contributed by atoms with Crippen molar-refractivity contribution in [2.45, 2.75) is 77.5 Å². The molecule has 1 aromatic heterocycles. The summed E-state index contributed by atoms with van der Waals surface area (Å²) < 4.78 is 17.4. The second-order valence-corrected chi connectivity index (χ2v) is 11.8. The van der Waals surface area contributed by atoms with Crippen LogP contribution in [-0.2, 0) is 19.1 Å². The summed E-state index contributed by atoms with van der Waals surface area (Å²) in [6, 6.07) is 6.43. The fourth-order valence-electron chi connectivity index (χ4n) is 5.96. The van der Waals surface area contributed by atoms with Gasteiger partial charge in [-0.3, -0.25) is 4.79 Å².